The average Bonchev–Trinajstić information content (AvgIpc) is 3.26. The molecule has 3 heterocycles. The second-order valence-electron chi connectivity index (χ2n) is 6.96. The summed E-state index contributed by atoms with van der Waals surface area (Å²) in [6.07, 6.45) is -8.97. The summed E-state index contributed by atoms with van der Waals surface area (Å²) in [5.41, 5.74) is -3.66. The van der Waals surface area contributed by atoms with Crippen LogP contribution in [0.5, 0.6) is 0 Å². The summed E-state index contributed by atoms with van der Waals surface area (Å²) in [7, 11) is 1.15. The van der Waals surface area contributed by atoms with E-state index in [1.807, 2.05) is 0 Å². The van der Waals surface area contributed by atoms with Crippen LogP contribution in [0.3, 0.4) is 0 Å². The van der Waals surface area contributed by atoms with Gasteiger partial charge in [0.25, 0.3) is 5.91 Å². The van der Waals surface area contributed by atoms with E-state index in [1.165, 1.54) is 23.5 Å². The summed E-state index contributed by atoms with van der Waals surface area (Å²) in [6.45, 7) is 1.71. The third kappa shape index (κ3) is 4.27. The van der Waals surface area contributed by atoms with E-state index in [1.54, 1.807) is 13.0 Å². The van der Waals surface area contributed by atoms with Crippen LogP contribution in [-0.2, 0) is 19.4 Å². The predicted molar refractivity (Wildman–Crippen MR) is 109 cm³/mol. The maximum atomic E-state index is 14.1. The van der Waals surface area contributed by atoms with Gasteiger partial charge in [-0.25, -0.2) is 4.98 Å². The topological polar surface area (TPSA) is 72.7 Å². The van der Waals surface area contributed by atoms with Crippen LogP contribution in [0.1, 0.15) is 26.8 Å². The average molecular weight is 485 g/mol. The molecule has 0 spiro atoms. The molecule has 0 radical (unpaired) electrons. The first-order valence-corrected chi connectivity index (χ1v) is 10.0. The molecule has 172 valence electrons. The van der Waals surface area contributed by atoms with Crippen molar-refractivity contribution in [2.75, 3.05) is 5.32 Å². The van der Waals surface area contributed by atoms with Crippen LogP contribution in [0.4, 0.5) is 32.0 Å². The first kappa shape index (κ1) is 22.7. The fourth-order valence-corrected chi connectivity index (χ4v) is 4.27. The number of amides is 1. The van der Waals surface area contributed by atoms with E-state index in [4.69, 9.17) is 0 Å². The van der Waals surface area contributed by atoms with Crippen LogP contribution in [-0.4, -0.2) is 25.7 Å². The molecule has 4 rings (SSSR count). The fourth-order valence-electron chi connectivity index (χ4n) is 3.34. The number of aromatic nitrogens is 4. The van der Waals surface area contributed by atoms with E-state index in [2.05, 4.69) is 20.4 Å². The molecule has 1 aromatic carbocycles. The first-order valence-electron chi connectivity index (χ1n) is 9.21. The smallest absolute Gasteiger partial charge is 0.321 e. The van der Waals surface area contributed by atoms with E-state index in [-0.39, 0.29) is 11.3 Å². The van der Waals surface area contributed by atoms with Gasteiger partial charge in [-0.15, -0.1) is 11.3 Å². The number of nitrogens with one attached hydrogen (secondary N) is 1. The third-order valence-electron chi connectivity index (χ3n) is 4.63. The van der Waals surface area contributed by atoms with Gasteiger partial charge in [0, 0.05) is 24.5 Å². The van der Waals surface area contributed by atoms with Crippen molar-refractivity contribution in [1.29, 1.82) is 0 Å². The highest BCUT2D eigenvalue weighted by Gasteiger charge is 2.42. The zero-order valence-electron chi connectivity index (χ0n) is 16.8. The summed E-state index contributed by atoms with van der Waals surface area (Å²) in [5.74, 6) is -1.27. The number of nitrogens with zero attached hydrogens (tertiary/aromatic N) is 4. The van der Waals surface area contributed by atoms with E-state index in [9.17, 15) is 31.1 Å². The van der Waals surface area contributed by atoms with Crippen molar-refractivity contribution in [3.05, 3.63) is 58.5 Å². The van der Waals surface area contributed by atoms with Crippen molar-refractivity contribution < 1.29 is 31.1 Å². The molecule has 33 heavy (non-hydrogen) atoms. The van der Waals surface area contributed by atoms with Gasteiger partial charge < -0.3 is 5.32 Å². The van der Waals surface area contributed by atoms with Crippen LogP contribution < -0.4 is 5.32 Å². The molecule has 0 atom stereocenters. The van der Waals surface area contributed by atoms with E-state index < -0.39 is 40.9 Å². The number of carbonyl (C=O) groups is 1. The second-order valence-corrected chi connectivity index (χ2v) is 8.17. The van der Waals surface area contributed by atoms with Gasteiger partial charge in [0.2, 0.25) is 0 Å². The molecule has 0 aliphatic carbocycles. The zero-order valence-corrected chi connectivity index (χ0v) is 17.7. The Labute approximate surface area is 185 Å². The van der Waals surface area contributed by atoms with Crippen LogP contribution >= 0.6 is 11.3 Å². The lowest BCUT2D eigenvalue weighted by molar-refractivity contribution is -0.141. The van der Waals surface area contributed by atoms with Gasteiger partial charge in [-0.3, -0.25) is 14.5 Å². The SMILES string of the molecule is Cc1nc2cccc(-c3nn(C)c(C(=O)Nc4ccnc(C(F)(F)F)c4)c3C(F)(F)F)c2s1. The number of anilines is 1. The van der Waals surface area contributed by atoms with Gasteiger partial charge in [0.05, 0.1) is 15.2 Å². The van der Waals surface area contributed by atoms with Crippen molar-refractivity contribution in [3.8, 4) is 11.3 Å². The minimum atomic E-state index is -4.98. The number of hydrogen-bond acceptors (Lipinski definition) is 5. The molecule has 0 aliphatic heterocycles. The lowest BCUT2D eigenvalue weighted by Crippen LogP contribution is -2.21. The minimum absolute atomic E-state index is 0.142. The Hall–Kier alpha value is -3.48. The van der Waals surface area contributed by atoms with Crippen molar-refractivity contribution in [2.24, 2.45) is 7.05 Å². The monoisotopic (exact) mass is 485 g/mol. The minimum Gasteiger partial charge on any atom is -0.321 e. The van der Waals surface area contributed by atoms with Crippen molar-refractivity contribution >= 4 is 33.1 Å². The quantitative estimate of drug-likeness (QED) is 0.379. The summed E-state index contributed by atoms with van der Waals surface area (Å²) >= 11 is 1.18. The van der Waals surface area contributed by atoms with Crippen LogP contribution in [0.2, 0.25) is 0 Å². The molecular formula is C20H13F6N5OS. The van der Waals surface area contributed by atoms with E-state index >= 15 is 0 Å². The van der Waals surface area contributed by atoms with E-state index in [0.717, 1.165) is 24.0 Å². The molecule has 13 heteroatoms. The van der Waals surface area contributed by atoms with Crippen LogP contribution in [0.25, 0.3) is 21.5 Å². The van der Waals surface area contributed by atoms with Gasteiger partial charge >= 0.3 is 12.4 Å². The molecule has 3 aromatic heterocycles. The molecule has 1 amide bonds. The van der Waals surface area contributed by atoms with Gasteiger partial charge in [-0.05, 0) is 25.1 Å². The molecule has 1 N–H and O–H groups in total. The van der Waals surface area contributed by atoms with Crippen LogP contribution in [0.15, 0.2) is 36.5 Å². The first-order chi connectivity index (χ1) is 15.4. The molecular weight excluding hydrogens is 472 g/mol. The van der Waals surface area contributed by atoms with Gasteiger partial charge in [-0.2, -0.15) is 31.4 Å². The molecule has 0 fully saturated rings. The number of thiazole rings is 1. The highest BCUT2D eigenvalue weighted by Crippen LogP contribution is 2.42. The molecule has 0 bridgehead atoms. The van der Waals surface area contributed by atoms with Crippen molar-refractivity contribution in [3.63, 3.8) is 0 Å². The molecule has 4 aromatic rings. The lowest BCUT2D eigenvalue weighted by atomic mass is 10.0. The molecule has 0 saturated carbocycles. The normalized spacial score (nSPS) is 12.4. The fraction of sp³-hybridized carbons (Fsp3) is 0.200. The number of carbonyl (C=O) groups excluding carboxylic acids is 1. The number of fused-ring (bicyclic) bond motifs is 1. The van der Waals surface area contributed by atoms with E-state index in [0.29, 0.717) is 21.3 Å². The second kappa shape index (κ2) is 7.83. The predicted octanol–water partition coefficient (Wildman–Crippen LogP) is 5.69. The Morgan fingerprint density at radius 3 is 2.48 bits per heavy atom. The Bertz CT molecular complexity index is 1370. The zero-order chi connectivity index (χ0) is 24.1. The van der Waals surface area contributed by atoms with Crippen molar-refractivity contribution in [2.45, 2.75) is 19.3 Å². The summed E-state index contributed by atoms with van der Waals surface area (Å²) in [6, 6.07) is 6.19. The number of benzene rings is 1. The maximum Gasteiger partial charge on any atom is 0.433 e. The summed E-state index contributed by atoms with van der Waals surface area (Å²) < 4.78 is 82.3. The Kier molecular flexibility index (Phi) is 5.39. The molecule has 0 saturated heterocycles. The van der Waals surface area contributed by atoms with Gasteiger partial charge in [0.15, 0.2) is 0 Å². The number of rotatable bonds is 3. The van der Waals surface area contributed by atoms with Crippen molar-refractivity contribution in [1.82, 2.24) is 19.7 Å². The maximum absolute atomic E-state index is 14.1. The number of aryl methyl sites for hydroxylation is 2. The summed E-state index contributed by atoms with van der Waals surface area (Å²) in [4.78, 5) is 20.2. The number of pyridine rings is 1. The summed E-state index contributed by atoms with van der Waals surface area (Å²) in [5, 5.41) is 6.67. The standard InChI is InChI=1S/C20H13F6N5OS/c1-9-28-12-5-3-4-11(17(12)33-9)15-14(20(24,25)26)16(31(2)30-15)18(32)29-10-6-7-27-13(8-10)19(21,22)23/h3-8H,1-2H3,(H,27,29,32). The van der Waals surface area contributed by atoms with Crippen LogP contribution in [0, 0.1) is 6.92 Å². The third-order valence-corrected chi connectivity index (χ3v) is 5.65. The van der Waals surface area contributed by atoms with Gasteiger partial charge in [-0.1, -0.05) is 12.1 Å². The number of alkyl halides is 6. The Morgan fingerprint density at radius 1 is 1.09 bits per heavy atom. The largest absolute Gasteiger partial charge is 0.433 e. The molecule has 0 aliphatic rings. The lowest BCUT2D eigenvalue weighted by Gasteiger charge is -2.12. The Morgan fingerprint density at radius 2 is 1.82 bits per heavy atom. The van der Waals surface area contributed by atoms with Gasteiger partial charge in [0.1, 0.15) is 22.6 Å². The molecule has 0 unspecified atom stereocenters. The molecule has 6 nitrogen and oxygen atoms in total. The highest BCUT2D eigenvalue weighted by molar-refractivity contribution is 7.19. The Balaban J connectivity index is 1.83. The number of hydrogen-bond donors (Lipinski definition) is 1. The number of halogens is 6. The highest BCUT2D eigenvalue weighted by atomic mass is 32.1.